The number of halogens is 3. The lowest BCUT2D eigenvalue weighted by molar-refractivity contribution is 0.545. The topological polar surface area (TPSA) is 26.0 Å². The van der Waals surface area contributed by atoms with E-state index in [0.717, 1.165) is 0 Å². The second-order valence-electron chi connectivity index (χ2n) is 2.09. The van der Waals surface area contributed by atoms with E-state index in [1.807, 2.05) is 0 Å². The zero-order valence-corrected chi connectivity index (χ0v) is 5.87. The Hall–Kier alpha value is -1.63. The van der Waals surface area contributed by atoms with Crippen LogP contribution in [0, 0.1) is 29.8 Å². The van der Waals surface area contributed by atoms with Crippen LogP contribution in [0.3, 0.4) is 0 Å². The van der Waals surface area contributed by atoms with E-state index in [9.17, 15) is 13.2 Å². The summed E-state index contributed by atoms with van der Waals surface area (Å²) in [6.45, 7) is 0. The number of hydrogen-bond donors (Lipinski definition) is 1. The van der Waals surface area contributed by atoms with Crippen molar-refractivity contribution in [2.75, 3.05) is 5.73 Å². The number of nitrogen functional groups attached to an aromatic ring is 1. The van der Waals surface area contributed by atoms with Crippen LogP contribution in [-0.4, -0.2) is 0 Å². The van der Waals surface area contributed by atoms with Gasteiger partial charge in [-0.05, 0) is 0 Å². The molecule has 0 saturated carbocycles. The first-order valence-corrected chi connectivity index (χ1v) is 2.97. The lowest BCUT2D eigenvalue weighted by atomic mass is 10.2. The molecule has 0 radical (unpaired) electrons. The van der Waals surface area contributed by atoms with E-state index in [4.69, 9.17) is 12.2 Å². The molecule has 4 heteroatoms. The van der Waals surface area contributed by atoms with Crippen LogP contribution in [-0.2, 0) is 0 Å². The van der Waals surface area contributed by atoms with Crippen LogP contribution < -0.4 is 5.73 Å². The molecule has 0 unspecified atom stereocenters. The van der Waals surface area contributed by atoms with Gasteiger partial charge in [0.1, 0.15) is 11.5 Å². The fourth-order valence-corrected chi connectivity index (χ4v) is 0.738. The molecule has 0 aliphatic heterocycles. The van der Waals surface area contributed by atoms with Gasteiger partial charge in [0, 0.05) is 6.07 Å². The van der Waals surface area contributed by atoms with E-state index in [1.54, 1.807) is 5.92 Å². The van der Waals surface area contributed by atoms with Crippen molar-refractivity contribution in [1.29, 1.82) is 0 Å². The number of hydrogen-bond acceptors (Lipinski definition) is 1. The van der Waals surface area contributed by atoms with Gasteiger partial charge in [-0.1, -0.05) is 5.92 Å². The molecular weight excluding hydrogens is 167 g/mol. The Morgan fingerprint density at radius 3 is 2.33 bits per heavy atom. The monoisotopic (exact) mass is 171 g/mol. The molecule has 0 aromatic heterocycles. The molecule has 1 nitrogen and oxygen atoms in total. The molecule has 62 valence electrons. The molecule has 1 aromatic carbocycles. The molecule has 12 heavy (non-hydrogen) atoms. The molecule has 1 rings (SSSR count). The van der Waals surface area contributed by atoms with Gasteiger partial charge in [-0.3, -0.25) is 0 Å². The number of anilines is 1. The van der Waals surface area contributed by atoms with E-state index in [1.165, 1.54) is 0 Å². The summed E-state index contributed by atoms with van der Waals surface area (Å²) in [5, 5.41) is 0. The predicted molar refractivity (Wildman–Crippen MR) is 38.7 cm³/mol. The quantitative estimate of drug-likeness (QED) is 0.466. The van der Waals surface area contributed by atoms with E-state index in [-0.39, 0.29) is 0 Å². The van der Waals surface area contributed by atoms with Gasteiger partial charge in [0.05, 0.1) is 5.56 Å². The maximum atomic E-state index is 12.8. The van der Waals surface area contributed by atoms with Crippen molar-refractivity contribution >= 4 is 5.69 Å². The fourth-order valence-electron chi connectivity index (χ4n) is 0.738. The molecule has 1 aromatic rings. The van der Waals surface area contributed by atoms with Gasteiger partial charge in [-0.2, -0.15) is 0 Å². The molecule has 0 fully saturated rings. The van der Waals surface area contributed by atoms with Crippen molar-refractivity contribution in [3.05, 3.63) is 29.1 Å². The summed E-state index contributed by atoms with van der Waals surface area (Å²) in [4.78, 5) is 0. The van der Waals surface area contributed by atoms with E-state index < -0.39 is 28.7 Å². The van der Waals surface area contributed by atoms with Gasteiger partial charge in [0.25, 0.3) is 0 Å². The first kappa shape index (κ1) is 8.47. The first-order valence-electron chi connectivity index (χ1n) is 2.97. The third-order valence-electron chi connectivity index (χ3n) is 1.35. The van der Waals surface area contributed by atoms with Crippen molar-refractivity contribution in [3.63, 3.8) is 0 Å². The average Bonchev–Trinajstić information content (AvgIpc) is 2.01. The Balaban J connectivity index is 3.54. The van der Waals surface area contributed by atoms with E-state index in [0.29, 0.717) is 6.07 Å². The van der Waals surface area contributed by atoms with Gasteiger partial charge in [-0.25, -0.2) is 13.2 Å². The predicted octanol–water partition coefficient (Wildman–Crippen LogP) is 1.67. The summed E-state index contributed by atoms with van der Waals surface area (Å²) in [6, 6.07) is 0.452. The lowest BCUT2D eigenvalue weighted by Crippen LogP contribution is -2.01. The second kappa shape index (κ2) is 2.78. The van der Waals surface area contributed by atoms with Crippen LogP contribution in [0.15, 0.2) is 6.07 Å². The minimum atomic E-state index is -1.23. The van der Waals surface area contributed by atoms with E-state index >= 15 is 0 Å². The molecular formula is C8H4F3N. The highest BCUT2D eigenvalue weighted by Gasteiger charge is 2.14. The Morgan fingerprint density at radius 2 is 1.83 bits per heavy atom. The Morgan fingerprint density at radius 1 is 1.25 bits per heavy atom. The molecule has 2 N–H and O–H groups in total. The summed E-state index contributed by atoms with van der Waals surface area (Å²) in [5.41, 5.74) is 3.51. The van der Waals surface area contributed by atoms with Crippen molar-refractivity contribution in [2.45, 2.75) is 0 Å². The van der Waals surface area contributed by atoms with Crippen LogP contribution in [0.2, 0.25) is 0 Å². The highest BCUT2D eigenvalue weighted by molar-refractivity contribution is 5.50. The summed E-state index contributed by atoms with van der Waals surface area (Å²) in [6.07, 6.45) is 4.76. The van der Waals surface area contributed by atoms with Crippen molar-refractivity contribution in [1.82, 2.24) is 0 Å². The first-order chi connectivity index (χ1) is 5.57. The Labute approximate surface area is 67.0 Å². The number of benzene rings is 1. The molecule has 0 bridgehead atoms. The largest absolute Gasteiger partial charge is 0.394 e. The Kier molecular flexibility index (Phi) is 1.96. The lowest BCUT2D eigenvalue weighted by Gasteiger charge is -2.01. The number of nitrogens with two attached hydrogens (primary N) is 1. The van der Waals surface area contributed by atoms with Gasteiger partial charge in [0.2, 0.25) is 0 Å². The van der Waals surface area contributed by atoms with E-state index in [2.05, 4.69) is 0 Å². The zero-order valence-electron chi connectivity index (χ0n) is 5.87. The molecule has 0 atom stereocenters. The van der Waals surface area contributed by atoms with Gasteiger partial charge < -0.3 is 5.73 Å². The number of rotatable bonds is 0. The summed E-state index contributed by atoms with van der Waals surface area (Å²) >= 11 is 0. The zero-order chi connectivity index (χ0) is 9.30. The van der Waals surface area contributed by atoms with Crippen molar-refractivity contribution in [3.8, 4) is 12.3 Å². The Bertz CT molecular complexity index is 366. The van der Waals surface area contributed by atoms with Gasteiger partial charge in [0.15, 0.2) is 11.6 Å². The van der Waals surface area contributed by atoms with Crippen molar-refractivity contribution in [2.24, 2.45) is 0 Å². The minimum absolute atomic E-state index is 0.452. The SMILES string of the molecule is C#Cc1c(F)cc(F)c(N)c1F. The average molecular weight is 171 g/mol. The maximum absolute atomic E-state index is 12.8. The molecule has 0 heterocycles. The third-order valence-corrected chi connectivity index (χ3v) is 1.35. The molecule has 0 spiro atoms. The van der Waals surface area contributed by atoms with Crippen LogP contribution in [0.1, 0.15) is 5.56 Å². The highest BCUT2D eigenvalue weighted by atomic mass is 19.1. The molecule has 0 amide bonds. The van der Waals surface area contributed by atoms with Crippen LogP contribution in [0.25, 0.3) is 0 Å². The standard InChI is InChI=1S/C8H4F3N/c1-2-4-5(9)3-6(10)8(12)7(4)11/h1,3H,12H2. The van der Waals surface area contributed by atoms with Crippen LogP contribution >= 0.6 is 0 Å². The maximum Gasteiger partial charge on any atom is 0.167 e. The summed E-state index contributed by atoms with van der Waals surface area (Å²) in [5.74, 6) is -1.76. The van der Waals surface area contributed by atoms with Gasteiger partial charge >= 0.3 is 0 Å². The molecule has 0 aliphatic rings. The van der Waals surface area contributed by atoms with Crippen LogP contribution in [0.5, 0.6) is 0 Å². The summed E-state index contributed by atoms with van der Waals surface area (Å²) < 4.78 is 37.9. The summed E-state index contributed by atoms with van der Waals surface area (Å²) in [7, 11) is 0. The molecule has 0 saturated heterocycles. The second-order valence-corrected chi connectivity index (χ2v) is 2.09. The molecule has 0 aliphatic carbocycles. The normalized spacial score (nSPS) is 9.50. The number of terminal acetylenes is 1. The minimum Gasteiger partial charge on any atom is -0.394 e. The van der Waals surface area contributed by atoms with Crippen molar-refractivity contribution < 1.29 is 13.2 Å². The fraction of sp³-hybridized carbons (Fsp3) is 0. The smallest absolute Gasteiger partial charge is 0.167 e. The third kappa shape index (κ3) is 1.10. The van der Waals surface area contributed by atoms with Crippen LogP contribution in [0.4, 0.5) is 18.9 Å². The van der Waals surface area contributed by atoms with Gasteiger partial charge in [-0.15, -0.1) is 6.42 Å². The highest BCUT2D eigenvalue weighted by Crippen LogP contribution is 2.20.